The predicted octanol–water partition coefficient (Wildman–Crippen LogP) is 1.88. The monoisotopic (exact) mass is 397 g/mol. The molecule has 0 radical (unpaired) electrons. The molecular weight excluding hydrogens is 388 g/mol. The first-order chi connectivity index (χ1) is 9.00. The maximum Gasteiger partial charge on any atom is 1.00 e. The summed E-state index contributed by atoms with van der Waals surface area (Å²) < 4.78 is 117. The average molecular weight is 397 g/mol. The van der Waals surface area contributed by atoms with Gasteiger partial charge in [0, 0.05) is 0 Å². The summed E-state index contributed by atoms with van der Waals surface area (Å²) in [4.78, 5) is 0. The minimum Gasteiger partial charge on any atom is -1.00 e. The summed E-state index contributed by atoms with van der Waals surface area (Å²) in [5.74, 6) is 0. The van der Waals surface area contributed by atoms with E-state index in [9.17, 15) is 51.8 Å². The van der Waals surface area contributed by atoms with Crippen molar-refractivity contribution in [3.05, 3.63) is 36.4 Å². The van der Waals surface area contributed by atoms with E-state index in [0.29, 0.717) is 0 Å². The first-order valence-corrected chi connectivity index (χ1v) is 4.62. The third-order valence-corrected chi connectivity index (χ3v) is 0.667. The van der Waals surface area contributed by atoms with Gasteiger partial charge >= 0.3 is 73.1 Å². The van der Waals surface area contributed by atoms with Gasteiger partial charge in [-0.1, -0.05) is 36.4 Å². The molecule has 0 aromatic heterocycles. The molecule has 17 heteroatoms. The topological polar surface area (TPSA) is 31.5 Å². The molecule has 23 heavy (non-hydrogen) atoms. The van der Waals surface area contributed by atoms with Crippen molar-refractivity contribution in [1.29, 1.82) is 0 Å². The molecule has 0 heterocycles. The van der Waals surface area contributed by atoms with E-state index in [1.165, 1.54) is 0 Å². The molecule has 136 valence electrons. The van der Waals surface area contributed by atoms with Crippen LogP contribution >= 0.6 is 0 Å². The van der Waals surface area contributed by atoms with E-state index in [1.807, 2.05) is 36.4 Å². The van der Waals surface area contributed by atoms with Gasteiger partial charge in [-0.2, -0.15) is 0 Å². The summed E-state index contributed by atoms with van der Waals surface area (Å²) >= 11 is 0. The van der Waals surface area contributed by atoms with E-state index in [2.05, 4.69) is 0 Å². The van der Waals surface area contributed by atoms with Gasteiger partial charge in [0.15, 0.2) is 0 Å². The minimum atomic E-state index is -6.00. The molecule has 0 amide bonds. The van der Waals surface area contributed by atoms with Crippen molar-refractivity contribution in [3.63, 3.8) is 0 Å². The van der Waals surface area contributed by atoms with Crippen molar-refractivity contribution in [1.82, 2.24) is 0 Å². The zero-order valence-electron chi connectivity index (χ0n) is 12.2. The first-order valence-electron chi connectivity index (χ1n) is 4.62. The van der Waals surface area contributed by atoms with Crippen LogP contribution < -0.4 is 51.4 Å². The molecule has 0 spiro atoms. The molecule has 0 bridgehead atoms. The Labute approximate surface area is 167 Å². The van der Waals surface area contributed by atoms with E-state index in [0.717, 1.165) is 0 Å². The molecule has 0 saturated heterocycles. The number of benzene rings is 1. The van der Waals surface area contributed by atoms with Crippen LogP contribution in [0.5, 0.6) is 0 Å². The van der Waals surface area contributed by atoms with Gasteiger partial charge in [0.05, 0.1) is 0 Å². The zero-order chi connectivity index (χ0) is 17.7. The number of hydrogen-bond acceptors (Lipinski definition) is 0. The maximum absolute atomic E-state index is 9.75. The summed E-state index contributed by atoms with van der Waals surface area (Å²) in [5, 5.41) is 0. The molecule has 0 aliphatic rings. The first kappa shape index (κ1) is 34.5. The molecule has 1 rings (SSSR count). The van der Waals surface area contributed by atoms with Gasteiger partial charge in [-0.15, -0.1) is 0 Å². The molecule has 1 aromatic carbocycles. The average Bonchev–Trinajstić information content (AvgIpc) is 2.12. The molecular formula is C6H9B3F12KO-3. The Kier molecular flexibility index (Phi) is 25.5. The molecule has 0 aliphatic heterocycles. The Morgan fingerprint density at radius 3 is 0.478 bits per heavy atom. The molecule has 1 nitrogen and oxygen atoms in total. The third-order valence-electron chi connectivity index (χ3n) is 0.667. The normalized spacial score (nSPS) is 9.91. The van der Waals surface area contributed by atoms with Crippen LogP contribution in [0, 0.1) is 0 Å². The van der Waals surface area contributed by atoms with Gasteiger partial charge in [-0.25, -0.2) is 0 Å². The SMILES string of the molecule is F[B-](F)(F)F.F[B-](F)(F)F.F[B-](F)(F)F.O.[H-].[K+].c1ccccc1. The minimum absolute atomic E-state index is 0. The van der Waals surface area contributed by atoms with Crippen LogP contribution in [0.1, 0.15) is 1.43 Å². The van der Waals surface area contributed by atoms with Gasteiger partial charge in [0.1, 0.15) is 0 Å². The summed E-state index contributed by atoms with van der Waals surface area (Å²) in [6, 6.07) is 12.0. The Morgan fingerprint density at radius 2 is 0.435 bits per heavy atom. The zero-order valence-corrected chi connectivity index (χ0v) is 14.4. The van der Waals surface area contributed by atoms with E-state index >= 15 is 0 Å². The van der Waals surface area contributed by atoms with Crippen LogP contribution in [0.15, 0.2) is 36.4 Å². The molecule has 0 fully saturated rings. The Bertz CT molecular complexity index is 261. The maximum atomic E-state index is 9.75. The quantitative estimate of drug-likeness (QED) is 0.474. The molecule has 0 unspecified atom stereocenters. The van der Waals surface area contributed by atoms with Crippen LogP contribution in [-0.2, 0) is 0 Å². The third kappa shape index (κ3) is 237. The van der Waals surface area contributed by atoms with Gasteiger partial charge in [-0.05, 0) is 0 Å². The van der Waals surface area contributed by atoms with Crippen LogP contribution in [0.25, 0.3) is 0 Å². The van der Waals surface area contributed by atoms with Gasteiger partial charge in [0.25, 0.3) is 0 Å². The van der Waals surface area contributed by atoms with Gasteiger partial charge < -0.3 is 58.7 Å². The van der Waals surface area contributed by atoms with Gasteiger partial charge in [-0.3, -0.25) is 0 Å². The fourth-order valence-corrected chi connectivity index (χ4v) is 0.385. The van der Waals surface area contributed by atoms with Gasteiger partial charge in [0.2, 0.25) is 0 Å². The summed E-state index contributed by atoms with van der Waals surface area (Å²) in [5.41, 5.74) is 0. The Morgan fingerprint density at radius 1 is 0.391 bits per heavy atom. The largest absolute Gasteiger partial charge is 1.00 e. The van der Waals surface area contributed by atoms with Crippen molar-refractivity contribution in [2.75, 3.05) is 0 Å². The van der Waals surface area contributed by atoms with E-state index < -0.39 is 21.8 Å². The summed E-state index contributed by atoms with van der Waals surface area (Å²) in [7, 11) is -18.0. The second-order valence-electron chi connectivity index (χ2n) is 2.64. The van der Waals surface area contributed by atoms with Crippen molar-refractivity contribution < 1.29 is 110 Å². The van der Waals surface area contributed by atoms with Crippen molar-refractivity contribution >= 4 is 21.8 Å². The molecule has 0 saturated carbocycles. The second kappa shape index (κ2) is 17.0. The Balaban J connectivity index is -0.0000000434. The molecule has 2 N–H and O–H groups in total. The van der Waals surface area contributed by atoms with E-state index in [1.54, 1.807) is 0 Å². The van der Waals surface area contributed by atoms with Crippen molar-refractivity contribution in [2.24, 2.45) is 0 Å². The molecule has 0 aliphatic carbocycles. The Hall–Kier alpha value is 0.171. The van der Waals surface area contributed by atoms with E-state index in [-0.39, 0.29) is 58.3 Å². The molecule has 1 aromatic rings. The number of halogens is 12. The number of rotatable bonds is 0. The van der Waals surface area contributed by atoms with Crippen LogP contribution in [0.3, 0.4) is 0 Å². The smallest absolute Gasteiger partial charge is 1.00 e. The molecule has 0 atom stereocenters. The van der Waals surface area contributed by atoms with Crippen LogP contribution in [0.4, 0.5) is 51.8 Å². The fourth-order valence-electron chi connectivity index (χ4n) is 0.385. The standard InChI is InChI=1S/C6H6.3BF4.K.H2O.H/c1-2-4-6-5-3-1;3*2-1(3,4)5;;;/h1-6H;;;;;1H2;/q;3*-1;+1;;-1. The fraction of sp³-hybridized carbons (Fsp3) is 0. The van der Waals surface area contributed by atoms with Crippen LogP contribution in [-0.4, -0.2) is 27.2 Å². The van der Waals surface area contributed by atoms with Crippen LogP contribution in [0.2, 0.25) is 0 Å². The van der Waals surface area contributed by atoms with Crippen molar-refractivity contribution in [3.8, 4) is 0 Å². The summed E-state index contributed by atoms with van der Waals surface area (Å²) in [6.07, 6.45) is 0. The van der Waals surface area contributed by atoms with E-state index in [4.69, 9.17) is 0 Å². The summed E-state index contributed by atoms with van der Waals surface area (Å²) in [6.45, 7) is 0. The predicted molar refractivity (Wildman–Crippen MR) is 61.7 cm³/mol. The second-order valence-corrected chi connectivity index (χ2v) is 2.64. The van der Waals surface area contributed by atoms with Crippen molar-refractivity contribution in [2.45, 2.75) is 0 Å². The number of hydrogen-bond donors (Lipinski definition) is 0.